The average molecular weight is 455 g/mol. The molecule has 0 bridgehead atoms. The summed E-state index contributed by atoms with van der Waals surface area (Å²) in [5.41, 5.74) is 6.90. The molecule has 3 aliphatic rings. The summed E-state index contributed by atoms with van der Waals surface area (Å²) in [6, 6.07) is 8.49. The Balaban J connectivity index is 1.14. The van der Waals surface area contributed by atoms with Crippen molar-refractivity contribution in [2.24, 2.45) is 5.92 Å². The number of nitrogens with zero attached hydrogens (tertiary/aromatic N) is 3. The number of rotatable bonds is 3. The number of piperidine rings is 1. The third-order valence-corrected chi connectivity index (χ3v) is 8.68. The fraction of sp³-hybridized carbons (Fsp3) is 0.600. The SMILES string of the molecule is Nc1sc2ccccc2c1C(=O)N1CCN(C2CCN(C(=O)C3CCCCC3)CC2)CC1. The second-order valence-electron chi connectivity index (χ2n) is 9.56. The molecular weight excluding hydrogens is 420 g/mol. The van der Waals surface area contributed by atoms with Gasteiger partial charge in [0.1, 0.15) is 0 Å². The van der Waals surface area contributed by atoms with Gasteiger partial charge in [0.05, 0.1) is 10.6 Å². The van der Waals surface area contributed by atoms with Gasteiger partial charge in [-0.3, -0.25) is 14.5 Å². The first-order chi connectivity index (χ1) is 15.6. The number of hydrogen-bond acceptors (Lipinski definition) is 5. The molecule has 3 heterocycles. The lowest BCUT2D eigenvalue weighted by atomic mass is 9.87. The number of nitrogens with two attached hydrogens (primary N) is 1. The van der Waals surface area contributed by atoms with Gasteiger partial charge >= 0.3 is 0 Å². The topological polar surface area (TPSA) is 69.9 Å². The Labute approximate surface area is 194 Å². The quantitative estimate of drug-likeness (QED) is 0.766. The van der Waals surface area contributed by atoms with E-state index in [1.165, 1.54) is 30.6 Å². The van der Waals surface area contributed by atoms with Crippen LogP contribution in [-0.4, -0.2) is 71.8 Å². The first kappa shape index (κ1) is 21.7. The highest BCUT2D eigenvalue weighted by Gasteiger charge is 2.33. The molecule has 1 aliphatic carbocycles. The van der Waals surface area contributed by atoms with Crippen LogP contribution in [0.5, 0.6) is 0 Å². The maximum Gasteiger partial charge on any atom is 0.257 e. The van der Waals surface area contributed by atoms with Crippen molar-refractivity contribution in [1.29, 1.82) is 0 Å². The minimum Gasteiger partial charge on any atom is -0.390 e. The van der Waals surface area contributed by atoms with Gasteiger partial charge in [-0.05, 0) is 31.7 Å². The third-order valence-electron chi connectivity index (χ3n) is 7.69. The highest BCUT2D eigenvalue weighted by Crippen LogP contribution is 2.34. The smallest absolute Gasteiger partial charge is 0.257 e. The van der Waals surface area contributed by atoms with Crippen molar-refractivity contribution in [2.75, 3.05) is 45.0 Å². The molecule has 2 aliphatic heterocycles. The number of nitrogen functional groups attached to an aromatic ring is 1. The van der Waals surface area contributed by atoms with Crippen LogP contribution in [0.15, 0.2) is 24.3 Å². The first-order valence-electron chi connectivity index (χ1n) is 12.2. The predicted octanol–water partition coefficient (Wildman–Crippen LogP) is 3.81. The number of likely N-dealkylation sites (tertiary alicyclic amines) is 1. The van der Waals surface area contributed by atoms with Crippen molar-refractivity contribution < 1.29 is 9.59 Å². The molecule has 0 spiro atoms. The Morgan fingerprint density at radius 2 is 1.53 bits per heavy atom. The number of carbonyl (C=O) groups is 2. The van der Waals surface area contributed by atoms with Gasteiger partial charge in [0.15, 0.2) is 0 Å². The van der Waals surface area contributed by atoms with Crippen LogP contribution in [0.3, 0.4) is 0 Å². The summed E-state index contributed by atoms with van der Waals surface area (Å²) in [5, 5.41) is 1.59. The lowest BCUT2D eigenvalue weighted by Gasteiger charge is -2.43. The summed E-state index contributed by atoms with van der Waals surface area (Å²) in [6.45, 7) is 5.05. The number of piperazine rings is 1. The number of thiophene rings is 1. The number of fused-ring (bicyclic) bond motifs is 1. The molecule has 1 saturated carbocycles. The summed E-state index contributed by atoms with van der Waals surface area (Å²) >= 11 is 1.49. The number of carbonyl (C=O) groups excluding carboxylic acids is 2. The normalized spacial score (nSPS) is 21.9. The minimum atomic E-state index is 0.0625. The molecule has 3 fully saturated rings. The number of anilines is 1. The van der Waals surface area contributed by atoms with Gasteiger partial charge in [0, 0.05) is 61.3 Å². The second-order valence-corrected chi connectivity index (χ2v) is 10.6. The van der Waals surface area contributed by atoms with E-state index in [0.717, 1.165) is 75.0 Å². The van der Waals surface area contributed by atoms with Crippen LogP contribution in [0.1, 0.15) is 55.3 Å². The minimum absolute atomic E-state index is 0.0625. The van der Waals surface area contributed by atoms with E-state index in [2.05, 4.69) is 9.80 Å². The van der Waals surface area contributed by atoms with Crippen molar-refractivity contribution in [3.05, 3.63) is 29.8 Å². The van der Waals surface area contributed by atoms with Gasteiger partial charge in [-0.25, -0.2) is 0 Å². The van der Waals surface area contributed by atoms with Crippen LogP contribution >= 0.6 is 11.3 Å². The van der Waals surface area contributed by atoms with Crippen LogP contribution in [0.2, 0.25) is 0 Å². The largest absolute Gasteiger partial charge is 0.390 e. The molecular formula is C25H34N4O2S. The van der Waals surface area contributed by atoms with Crippen molar-refractivity contribution in [3.8, 4) is 0 Å². The molecule has 6 nitrogen and oxygen atoms in total. The van der Waals surface area contributed by atoms with Crippen LogP contribution < -0.4 is 5.73 Å². The average Bonchev–Trinajstić information content (AvgIpc) is 3.19. The Kier molecular flexibility index (Phi) is 6.37. The monoisotopic (exact) mass is 454 g/mol. The van der Waals surface area contributed by atoms with E-state index in [9.17, 15) is 9.59 Å². The summed E-state index contributed by atoms with van der Waals surface area (Å²) in [4.78, 5) is 32.7. The molecule has 172 valence electrons. The highest BCUT2D eigenvalue weighted by molar-refractivity contribution is 7.23. The fourth-order valence-corrected chi connectivity index (χ4v) is 6.76. The van der Waals surface area contributed by atoms with E-state index >= 15 is 0 Å². The van der Waals surface area contributed by atoms with Crippen molar-refractivity contribution in [3.63, 3.8) is 0 Å². The molecule has 2 amide bonds. The Morgan fingerprint density at radius 1 is 0.844 bits per heavy atom. The Hall–Kier alpha value is -2.12. The standard InChI is InChI=1S/C25H34N4O2S/c26-23-22(20-8-4-5-9-21(20)32-23)25(31)29-16-14-27(15-17-29)19-10-12-28(13-11-19)24(30)18-6-2-1-3-7-18/h4-5,8-9,18-19H,1-3,6-7,10-17,26H2. The van der Waals surface area contributed by atoms with E-state index in [4.69, 9.17) is 5.73 Å². The summed E-state index contributed by atoms with van der Waals surface area (Å²) in [6.07, 6.45) is 7.97. The van der Waals surface area contributed by atoms with Crippen LogP contribution in [0, 0.1) is 5.92 Å². The van der Waals surface area contributed by atoms with E-state index in [0.29, 0.717) is 22.5 Å². The van der Waals surface area contributed by atoms with Gasteiger partial charge in [-0.1, -0.05) is 37.5 Å². The predicted molar refractivity (Wildman–Crippen MR) is 130 cm³/mol. The fourth-order valence-electron chi connectivity index (χ4n) is 5.79. The zero-order chi connectivity index (χ0) is 22.1. The summed E-state index contributed by atoms with van der Waals surface area (Å²) in [7, 11) is 0. The number of hydrogen-bond donors (Lipinski definition) is 1. The molecule has 2 N–H and O–H groups in total. The van der Waals surface area contributed by atoms with Crippen molar-refractivity contribution in [1.82, 2.24) is 14.7 Å². The van der Waals surface area contributed by atoms with Gasteiger partial charge in [0.2, 0.25) is 5.91 Å². The van der Waals surface area contributed by atoms with Gasteiger partial charge < -0.3 is 15.5 Å². The first-order valence-corrected chi connectivity index (χ1v) is 13.0. The van der Waals surface area contributed by atoms with Crippen molar-refractivity contribution in [2.45, 2.75) is 51.0 Å². The molecule has 32 heavy (non-hydrogen) atoms. The maximum absolute atomic E-state index is 13.2. The van der Waals surface area contributed by atoms with Gasteiger partial charge in [-0.15, -0.1) is 11.3 Å². The molecule has 2 saturated heterocycles. The van der Waals surface area contributed by atoms with E-state index in [-0.39, 0.29) is 11.8 Å². The van der Waals surface area contributed by atoms with E-state index in [1.807, 2.05) is 29.2 Å². The van der Waals surface area contributed by atoms with Gasteiger partial charge in [-0.2, -0.15) is 0 Å². The molecule has 5 rings (SSSR count). The maximum atomic E-state index is 13.2. The van der Waals surface area contributed by atoms with Crippen molar-refractivity contribution >= 4 is 38.2 Å². The van der Waals surface area contributed by atoms with E-state index in [1.54, 1.807) is 0 Å². The lowest BCUT2D eigenvalue weighted by Crippen LogP contribution is -2.55. The zero-order valence-corrected chi connectivity index (χ0v) is 19.6. The highest BCUT2D eigenvalue weighted by atomic mass is 32.1. The van der Waals surface area contributed by atoms with Crippen LogP contribution in [0.4, 0.5) is 5.00 Å². The zero-order valence-electron chi connectivity index (χ0n) is 18.8. The molecule has 7 heteroatoms. The summed E-state index contributed by atoms with van der Waals surface area (Å²) in [5.74, 6) is 0.738. The third kappa shape index (κ3) is 4.25. The van der Waals surface area contributed by atoms with Crippen LogP contribution in [-0.2, 0) is 4.79 Å². The molecule has 0 unspecified atom stereocenters. The Bertz CT molecular complexity index is 967. The molecule has 2 aromatic rings. The molecule has 0 radical (unpaired) electrons. The lowest BCUT2D eigenvalue weighted by molar-refractivity contribution is -0.138. The molecule has 1 aromatic heterocycles. The Morgan fingerprint density at radius 3 is 2.25 bits per heavy atom. The van der Waals surface area contributed by atoms with E-state index < -0.39 is 0 Å². The van der Waals surface area contributed by atoms with Crippen LogP contribution in [0.25, 0.3) is 10.1 Å². The second kappa shape index (κ2) is 9.40. The van der Waals surface area contributed by atoms with Gasteiger partial charge in [0.25, 0.3) is 5.91 Å². The molecule has 0 atom stereocenters. The number of benzene rings is 1. The summed E-state index contributed by atoms with van der Waals surface area (Å²) < 4.78 is 1.07. The molecule has 1 aromatic carbocycles. The number of amides is 2.